The van der Waals surface area contributed by atoms with E-state index in [1.807, 2.05) is 0 Å². The zero-order valence-electron chi connectivity index (χ0n) is 11.1. The minimum absolute atomic E-state index is 0. The van der Waals surface area contributed by atoms with Crippen molar-refractivity contribution in [2.24, 2.45) is 4.99 Å². The summed E-state index contributed by atoms with van der Waals surface area (Å²) in [5.41, 5.74) is 0. The molecule has 2 N–H and O–H groups in total. The molecule has 0 bridgehead atoms. The predicted molar refractivity (Wildman–Crippen MR) is 86.5 cm³/mol. The van der Waals surface area contributed by atoms with Gasteiger partial charge in [-0.15, -0.1) is 24.0 Å². The fraction of sp³-hybridized carbons (Fsp3) is 0.909. The van der Waals surface area contributed by atoms with Crippen molar-refractivity contribution in [3.05, 3.63) is 0 Å². The van der Waals surface area contributed by atoms with Crippen LogP contribution in [-0.2, 0) is 9.84 Å². The first kappa shape index (κ1) is 17.9. The number of hydrogen-bond acceptors (Lipinski definition) is 3. The first-order chi connectivity index (χ1) is 8.07. The number of nitrogens with one attached hydrogen (secondary N) is 2. The van der Waals surface area contributed by atoms with Crippen LogP contribution in [0.3, 0.4) is 0 Å². The third-order valence-electron chi connectivity index (χ3n) is 2.87. The number of hydrogen-bond donors (Lipinski definition) is 2. The number of aliphatic imine (C=N–C) groups is 1. The van der Waals surface area contributed by atoms with Crippen molar-refractivity contribution < 1.29 is 8.42 Å². The van der Waals surface area contributed by atoms with Gasteiger partial charge in [-0.1, -0.05) is 19.8 Å². The Morgan fingerprint density at radius 2 is 2.11 bits per heavy atom. The molecule has 0 spiro atoms. The Hall–Kier alpha value is -0.0500. The minimum Gasteiger partial charge on any atom is -0.356 e. The van der Waals surface area contributed by atoms with Crippen molar-refractivity contribution in [1.29, 1.82) is 0 Å². The molecule has 0 amide bonds. The Morgan fingerprint density at radius 1 is 1.39 bits per heavy atom. The van der Waals surface area contributed by atoms with Gasteiger partial charge in [0, 0.05) is 19.6 Å². The van der Waals surface area contributed by atoms with Gasteiger partial charge < -0.3 is 10.6 Å². The normalized spacial score (nSPS) is 22.3. The molecule has 1 unspecified atom stereocenters. The third kappa shape index (κ3) is 6.77. The lowest BCUT2D eigenvalue weighted by atomic mass is 10.2. The molecule has 0 aliphatic carbocycles. The van der Waals surface area contributed by atoms with E-state index in [4.69, 9.17) is 0 Å². The number of sulfone groups is 1. The van der Waals surface area contributed by atoms with Gasteiger partial charge in [0.15, 0.2) is 15.8 Å². The summed E-state index contributed by atoms with van der Waals surface area (Å²) in [4.78, 5) is 4.10. The molecule has 0 aromatic carbocycles. The van der Waals surface area contributed by atoms with E-state index in [1.165, 1.54) is 12.8 Å². The maximum absolute atomic E-state index is 11.3. The molecular formula is C11H24IN3O2S. The number of rotatable bonds is 5. The highest BCUT2D eigenvalue weighted by Crippen LogP contribution is 2.10. The van der Waals surface area contributed by atoms with Crippen molar-refractivity contribution in [3.63, 3.8) is 0 Å². The lowest BCUT2D eigenvalue weighted by Gasteiger charge is -2.15. The van der Waals surface area contributed by atoms with Gasteiger partial charge in [-0.05, 0) is 12.8 Å². The van der Waals surface area contributed by atoms with Gasteiger partial charge in [0.05, 0.1) is 11.5 Å². The van der Waals surface area contributed by atoms with E-state index in [9.17, 15) is 8.42 Å². The van der Waals surface area contributed by atoms with E-state index in [2.05, 4.69) is 22.5 Å². The Balaban J connectivity index is 0.00000289. The lowest BCUT2D eigenvalue weighted by Crippen LogP contribution is -2.44. The lowest BCUT2D eigenvalue weighted by molar-refractivity contribution is 0.599. The summed E-state index contributed by atoms with van der Waals surface area (Å²) in [5, 5.41) is 6.36. The van der Waals surface area contributed by atoms with Gasteiger partial charge >= 0.3 is 0 Å². The van der Waals surface area contributed by atoms with Crippen LogP contribution in [0.1, 0.15) is 32.6 Å². The Labute approximate surface area is 127 Å². The standard InChI is InChI=1S/C11H23N3O2S.HI/c1-3-4-5-7-13-11(12-2)14-10-6-8-17(15,16)9-10;/h10H,3-9H2,1-2H3,(H2,12,13,14);1H. The third-order valence-corrected chi connectivity index (χ3v) is 4.64. The summed E-state index contributed by atoms with van der Waals surface area (Å²) in [6, 6.07) is 0.0115. The average Bonchev–Trinajstić information content (AvgIpc) is 2.62. The highest BCUT2D eigenvalue weighted by atomic mass is 127. The molecule has 1 atom stereocenters. The number of halogens is 1. The van der Waals surface area contributed by atoms with Crippen molar-refractivity contribution >= 4 is 39.8 Å². The number of nitrogens with zero attached hydrogens (tertiary/aromatic N) is 1. The average molecular weight is 389 g/mol. The summed E-state index contributed by atoms with van der Waals surface area (Å²) in [5.74, 6) is 1.23. The molecule has 1 aliphatic rings. The largest absolute Gasteiger partial charge is 0.356 e. The Bertz CT molecular complexity index is 357. The van der Waals surface area contributed by atoms with Crippen LogP contribution in [0.25, 0.3) is 0 Å². The van der Waals surface area contributed by atoms with Crippen LogP contribution in [0, 0.1) is 0 Å². The summed E-state index contributed by atoms with van der Waals surface area (Å²) < 4.78 is 22.6. The molecule has 0 aromatic rings. The smallest absolute Gasteiger partial charge is 0.191 e. The monoisotopic (exact) mass is 389 g/mol. The van der Waals surface area contributed by atoms with Crippen LogP contribution in [0.5, 0.6) is 0 Å². The molecule has 0 aromatic heterocycles. The molecule has 1 aliphatic heterocycles. The van der Waals surface area contributed by atoms with Gasteiger partial charge in [-0.3, -0.25) is 4.99 Å². The second-order valence-electron chi connectivity index (χ2n) is 4.45. The molecule has 0 saturated carbocycles. The van der Waals surface area contributed by atoms with Gasteiger partial charge in [0.2, 0.25) is 0 Å². The van der Waals surface area contributed by atoms with E-state index in [0.29, 0.717) is 12.4 Å². The molecule has 0 radical (unpaired) electrons. The van der Waals surface area contributed by atoms with Crippen molar-refractivity contribution in [3.8, 4) is 0 Å². The molecule has 18 heavy (non-hydrogen) atoms. The summed E-state index contributed by atoms with van der Waals surface area (Å²) in [6.07, 6.45) is 4.18. The maximum Gasteiger partial charge on any atom is 0.191 e. The summed E-state index contributed by atoms with van der Waals surface area (Å²) in [7, 11) is -1.12. The van der Waals surface area contributed by atoms with Gasteiger partial charge in [0.1, 0.15) is 0 Å². The fourth-order valence-electron chi connectivity index (χ4n) is 1.88. The summed E-state index contributed by atoms with van der Waals surface area (Å²) >= 11 is 0. The molecule has 1 rings (SSSR count). The van der Waals surface area contributed by atoms with Gasteiger partial charge in [0.25, 0.3) is 0 Å². The second kappa shape index (κ2) is 8.95. The molecule has 7 heteroatoms. The highest BCUT2D eigenvalue weighted by molar-refractivity contribution is 14.0. The van der Waals surface area contributed by atoms with Crippen molar-refractivity contribution in [1.82, 2.24) is 10.6 Å². The van der Waals surface area contributed by atoms with Gasteiger partial charge in [-0.25, -0.2) is 8.42 Å². The van der Waals surface area contributed by atoms with Crippen molar-refractivity contribution in [2.75, 3.05) is 25.1 Å². The van der Waals surface area contributed by atoms with E-state index in [-0.39, 0.29) is 41.5 Å². The van der Waals surface area contributed by atoms with Crippen LogP contribution in [0.15, 0.2) is 4.99 Å². The predicted octanol–water partition coefficient (Wildman–Crippen LogP) is 1.15. The number of unbranched alkanes of at least 4 members (excludes halogenated alkanes) is 2. The quantitative estimate of drug-likeness (QED) is 0.320. The van der Waals surface area contributed by atoms with E-state index < -0.39 is 9.84 Å². The van der Waals surface area contributed by atoms with Gasteiger partial charge in [-0.2, -0.15) is 0 Å². The van der Waals surface area contributed by atoms with Crippen LogP contribution in [-0.4, -0.2) is 45.5 Å². The second-order valence-corrected chi connectivity index (χ2v) is 6.68. The first-order valence-corrected chi connectivity index (χ1v) is 8.07. The van der Waals surface area contributed by atoms with Crippen molar-refractivity contribution in [2.45, 2.75) is 38.6 Å². The topological polar surface area (TPSA) is 70.6 Å². The Kier molecular flexibility index (Phi) is 8.93. The SMILES string of the molecule is CCCCCNC(=NC)NC1CCS(=O)(=O)C1.I. The van der Waals surface area contributed by atoms with E-state index in [1.54, 1.807) is 7.05 Å². The number of guanidine groups is 1. The molecule has 5 nitrogen and oxygen atoms in total. The minimum atomic E-state index is -2.82. The highest BCUT2D eigenvalue weighted by Gasteiger charge is 2.28. The van der Waals surface area contributed by atoms with Crippen LogP contribution < -0.4 is 10.6 Å². The molecule has 108 valence electrons. The van der Waals surface area contributed by atoms with Crippen LogP contribution in [0.4, 0.5) is 0 Å². The molecular weight excluding hydrogens is 365 g/mol. The first-order valence-electron chi connectivity index (χ1n) is 6.25. The summed E-state index contributed by atoms with van der Waals surface area (Å²) in [6.45, 7) is 3.05. The Morgan fingerprint density at radius 3 is 2.61 bits per heavy atom. The zero-order valence-corrected chi connectivity index (χ0v) is 14.3. The van der Waals surface area contributed by atoms with Crippen LogP contribution in [0.2, 0.25) is 0 Å². The molecule has 1 heterocycles. The fourth-order valence-corrected chi connectivity index (χ4v) is 3.55. The van der Waals surface area contributed by atoms with Crippen LogP contribution >= 0.6 is 24.0 Å². The maximum atomic E-state index is 11.3. The molecule has 1 fully saturated rings. The molecule has 1 saturated heterocycles. The zero-order chi connectivity index (χ0) is 12.7. The van der Waals surface area contributed by atoms with E-state index >= 15 is 0 Å². The van der Waals surface area contributed by atoms with E-state index in [0.717, 1.165) is 13.0 Å².